The molecule has 0 spiro atoms. The number of nitrogens with zero attached hydrogens (tertiary/aromatic N) is 2. The SMILES string of the molecule is CCc1ccc(/C=C2\SC(=S)N(CCC(=O)Nc3cc([N+](=O)[O-])ccc3[O-])C2=O)cc1. The van der Waals surface area contributed by atoms with Gasteiger partial charge in [0, 0.05) is 30.8 Å². The molecule has 160 valence electrons. The highest BCUT2D eigenvalue weighted by Gasteiger charge is 2.32. The van der Waals surface area contributed by atoms with E-state index in [0.29, 0.717) is 9.23 Å². The maximum atomic E-state index is 12.7. The summed E-state index contributed by atoms with van der Waals surface area (Å²) in [5.41, 5.74) is 1.59. The minimum atomic E-state index is -0.655. The Morgan fingerprint density at radius 3 is 2.61 bits per heavy atom. The second-order valence-electron chi connectivity index (χ2n) is 6.66. The molecule has 1 aliphatic rings. The fourth-order valence-corrected chi connectivity index (χ4v) is 4.16. The van der Waals surface area contributed by atoms with Gasteiger partial charge in [0.25, 0.3) is 11.6 Å². The van der Waals surface area contributed by atoms with Crippen LogP contribution < -0.4 is 10.4 Å². The van der Waals surface area contributed by atoms with E-state index >= 15 is 0 Å². The van der Waals surface area contributed by atoms with Crippen LogP contribution in [0.3, 0.4) is 0 Å². The molecular weight excluding hydrogens is 438 g/mol. The number of amides is 2. The minimum absolute atomic E-state index is 0.0335. The van der Waals surface area contributed by atoms with E-state index in [0.717, 1.165) is 41.9 Å². The summed E-state index contributed by atoms with van der Waals surface area (Å²) in [7, 11) is 0. The van der Waals surface area contributed by atoms with Crippen molar-refractivity contribution in [2.45, 2.75) is 19.8 Å². The number of nitro groups is 1. The fraction of sp³-hybridized carbons (Fsp3) is 0.190. The molecule has 1 N–H and O–H groups in total. The molecule has 0 bridgehead atoms. The van der Waals surface area contributed by atoms with Crippen LogP contribution in [0.5, 0.6) is 5.75 Å². The van der Waals surface area contributed by atoms with Crippen molar-refractivity contribution in [2.75, 3.05) is 11.9 Å². The van der Waals surface area contributed by atoms with Gasteiger partial charge in [0.2, 0.25) is 5.91 Å². The summed E-state index contributed by atoms with van der Waals surface area (Å²) >= 11 is 6.43. The Kier molecular flexibility index (Phi) is 7.03. The van der Waals surface area contributed by atoms with E-state index in [4.69, 9.17) is 12.2 Å². The van der Waals surface area contributed by atoms with Gasteiger partial charge >= 0.3 is 0 Å². The van der Waals surface area contributed by atoms with Crippen LogP contribution in [-0.2, 0) is 16.0 Å². The van der Waals surface area contributed by atoms with Crippen molar-refractivity contribution in [3.8, 4) is 5.75 Å². The summed E-state index contributed by atoms with van der Waals surface area (Å²) in [6.07, 6.45) is 2.56. The molecular formula is C21H18N3O5S2-. The average molecular weight is 457 g/mol. The van der Waals surface area contributed by atoms with E-state index in [1.54, 1.807) is 6.08 Å². The highest BCUT2D eigenvalue weighted by Crippen LogP contribution is 2.33. The third kappa shape index (κ3) is 5.47. The number of carbonyl (C=O) groups excluding carboxylic acids is 2. The number of anilines is 1. The largest absolute Gasteiger partial charge is 0.871 e. The van der Waals surface area contributed by atoms with Crippen LogP contribution in [-0.4, -0.2) is 32.5 Å². The first-order valence-electron chi connectivity index (χ1n) is 9.38. The molecule has 10 heteroatoms. The lowest BCUT2D eigenvalue weighted by Crippen LogP contribution is -2.31. The number of non-ortho nitro benzene ring substituents is 1. The van der Waals surface area contributed by atoms with Gasteiger partial charge in [-0.05, 0) is 23.6 Å². The predicted octanol–water partition coefficient (Wildman–Crippen LogP) is 3.46. The maximum absolute atomic E-state index is 12.7. The molecule has 3 rings (SSSR count). The van der Waals surface area contributed by atoms with Crippen molar-refractivity contribution in [3.63, 3.8) is 0 Å². The molecule has 0 atom stereocenters. The topological polar surface area (TPSA) is 116 Å². The Bertz CT molecular complexity index is 1080. The van der Waals surface area contributed by atoms with E-state index in [1.165, 1.54) is 10.5 Å². The molecule has 2 aromatic carbocycles. The molecule has 31 heavy (non-hydrogen) atoms. The summed E-state index contributed by atoms with van der Waals surface area (Å²) < 4.78 is 0.342. The van der Waals surface area contributed by atoms with E-state index in [2.05, 4.69) is 12.2 Å². The zero-order chi connectivity index (χ0) is 22.5. The zero-order valence-corrected chi connectivity index (χ0v) is 18.1. The molecule has 2 aromatic rings. The van der Waals surface area contributed by atoms with Gasteiger partial charge in [0.15, 0.2) is 0 Å². The summed E-state index contributed by atoms with van der Waals surface area (Å²) in [5, 5.41) is 25.0. The first kappa shape index (κ1) is 22.4. The van der Waals surface area contributed by atoms with Crippen molar-refractivity contribution in [3.05, 3.63) is 68.6 Å². The second kappa shape index (κ2) is 9.71. The number of carbonyl (C=O) groups is 2. The first-order chi connectivity index (χ1) is 14.8. The number of benzene rings is 2. The Hall–Kier alpha value is -3.24. The molecule has 0 radical (unpaired) electrons. The van der Waals surface area contributed by atoms with Gasteiger partial charge in [-0.25, -0.2) is 0 Å². The Morgan fingerprint density at radius 2 is 1.97 bits per heavy atom. The van der Waals surface area contributed by atoms with E-state index in [-0.39, 0.29) is 30.2 Å². The lowest BCUT2D eigenvalue weighted by molar-refractivity contribution is -0.385. The molecule has 1 saturated heterocycles. The molecule has 8 nitrogen and oxygen atoms in total. The third-order valence-electron chi connectivity index (χ3n) is 4.57. The van der Waals surface area contributed by atoms with Crippen molar-refractivity contribution >= 4 is 57.6 Å². The van der Waals surface area contributed by atoms with Crippen LogP contribution in [0.15, 0.2) is 47.4 Å². The number of hydrogen-bond acceptors (Lipinski definition) is 7. The fourth-order valence-electron chi connectivity index (χ4n) is 2.85. The molecule has 1 fully saturated rings. The number of nitro benzene ring substituents is 1. The quantitative estimate of drug-likeness (QED) is 0.294. The zero-order valence-electron chi connectivity index (χ0n) is 16.5. The number of rotatable bonds is 7. The Balaban J connectivity index is 1.62. The van der Waals surface area contributed by atoms with Crippen LogP contribution in [0.1, 0.15) is 24.5 Å². The van der Waals surface area contributed by atoms with Crippen LogP contribution in [0.4, 0.5) is 11.4 Å². The minimum Gasteiger partial charge on any atom is -0.871 e. The van der Waals surface area contributed by atoms with Gasteiger partial charge < -0.3 is 10.4 Å². The van der Waals surface area contributed by atoms with Crippen molar-refractivity contribution < 1.29 is 19.6 Å². The average Bonchev–Trinajstić information content (AvgIpc) is 3.01. The number of thioether (sulfide) groups is 1. The molecule has 0 unspecified atom stereocenters. The Labute approximate surface area is 188 Å². The van der Waals surface area contributed by atoms with Crippen LogP contribution in [0, 0.1) is 10.1 Å². The third-order valence-corrected chi connectivity index (χ3v) is 5.95. The van der Waals surface area contributed by atoms with Gasteiger partial charge in [0.1, 0.15) is 4.32 Å². The Morgan fingerprint density at radius 1 is 1.26 bits per heavy atom. The molecule has 1 heterocycles. The lowest BCUT2D eigenvalue weighted by atomic mass is 10.1. The predicted molar refractivity (Wildman–Crippen MR) is 121 cm³/mol. The molecule has 0 aliphatic carbocycles. The summed E-state index contributed by atoms with van der Waals surface area (Å²) in [5.74, 6) is -1.38. The highest BCUT2D eigenvalue weighted by atomic mass is 32.2. The standard InChI is InChI=1S/C21H19N3O5S2/c1-2-13-3-5-14(6-4-13)11-18-20(27)23(21(30)31-18)10-9-19(26)22-16-12-15(24(28)29)7-8-17(16)25/h3-8,11-12,25H,2,9-10H2,1H3,(H,22,26)/p-1/b18-11-. The van der Waals surface area contributed by atoms with Crippen molar-refractivity contribution in [1.82, 2.24) is 4.90 Å². The van der Waals surface area contributed by atoms with E-state index in [1.807, 2.05) is 24.3 Å². The summed E-state index contributed by atoms with van der Waals surface area (Å²) in [6.45, 7) is 2.10. The smallest absolute Gasteiger partial charge is 0.271 e. The van der Waals surface area contributed by atoms with Crippen molar-refractivity contribution in [2.24, 2.45) is 0 Å². The van der Waals surface area contributed by atoms with Gasteiger partial charge in [-0.2, -0.15) is 0 Å². The van der Waals surface area contributed by atoms with Crippen molar-refractivity contribution in [1.29, 1.82) is 0 Å². The number of aryl methyl sites for hydroxylation is 1. The molecule has 0 saturated carbocycles. The summed E-state index contributed by atoms with van der Waals surface area (Å²) in [4.78, 5) is 36.9. The molecule has 1 aliphatic heterocycles. The lowest BCUT2D eigenvalue weighted by Gasteiger charge is -2.16. The van der Waals surface area contributed by atoms with Crippen LogP contribution in [0.2, 0.25) is 0 Å². The molecule has 2 amide bonds. The van der Waals surface area contributed by atoms with Crippen LogP contribution >= 0.6 is 24.0 Å². The van der Waals surface area contributed by atoms with Crippen LogP contribution in [0.25, 0.3) is 6.08 Å². The highest BCUT2D eigenvalue weighted by molar-refractivity contribution is 8.26. The normalized spacial score (nSPS) is 14.9. The van der Waals surface area contributed by atoms with E-state index < -0.39 is 16.6 Å². The molecule has 0 aromatic heterocycles. The van der Waals surface area contributed by atoms with Gasteiger partial charge in [0.05, 0.1) is 9.83 Å². The monoisotopic (exact) mass is 456 g/mol. The van der Waals surface area contributed by atoms with E-state index in [9.17, 15) is 24.8 Å². The van der Waals surface area contributed by atoms with Gasteiger partial charge in [-0.3, -0.25) is 24.6 Å². The second-order valence-corrected chi connectivity index (χ2v) is 8.34. The van der Waals surface area contributed by atoms with Gasteiger partial charge in [-0.1, -0.05) is 67.0 Å². The maximum Gasteiger partial charge on any atom is 0.271 e. The number of nitrogens with one attached hydrogen (secondary N) is 1. The van der Waals surface area contributed by atoms with Gasteiger partial charge in [-0.15, -0.1) is 0 Å². The number of hydrogen-bond donors (Lipinski definition) is 1. The summed E-state index contributed by atoms with van der Waals surface area (Å²) in [6, 6.07) is 10.9. The number of thiocarbonyl (C=S) groups is 1. The first-order valence-corrected chi connectivity index (χ1v) is 10.6.